The number of sulfonamides is 1. The van der Waals surface area contributed by atoms with Crippen LogP contribution in [0.3, 0.4) is 0 Å². The standard InChI is InChI=1S/C13H12ClF3N4O3S2/c1-21(12-19-5-11(25-12)26(18,23)24)6-10(22)20-7-2-3-9(14)8(4-7)13(15,16)17/h2-5H,6H2,1H3,(H,20,22)(H2,18,23,24). The van der Waals surface area contributed by atoms with Crippen LogP contribution < -0.4 is 15.4 Å². The van der Waals surface area contributed by atoms with Crippen LogP contribution in [-0.4, -0.2) is 32.9 Å². The molecule has 0 saturated heterocycles. The molecule has 1 aromatic heterocycles. The summed E-state index contributed by atoms with van der Waals surface area (Å²) in [5.74, 6) is -0.629. The Kier molecular flexibility index (Phi) is 5.80. The highest BCUT2D eigenvalue weighted by Gasteiger charge is 2.33. The minimum absolute atomic E-state index is 0.0792. The zero-order valence-corrected chi connectivity index (χ0v) is 15.4. The number of benzene rings is 1. The lowest BCUT2D eigenvalue weighted by atomic mass is 10.2. The van der Waals surface area contributed by atoms with E-state index in [0.29, 0.717) is 0 Å². The van der Waals surface area contributed by atoms with Crippen molar-refractivity contribution >= 4 is 49.7 Å². The lowest BCUT2D eigenvalue weighted by Crippen LogP contribution is -2.30. The first kappa shape index (κ1) is 20.4. The number of hydrogen-bond acceptors (Lipinski definition) is 6. The predicted molar refractivity (Wildman–Crippen MR) is 91.8 cm³/mol. The Morgan fingerprint density at radius 3 is 2.62 bits per heavy atom. The highest BCUT2D eigenvalue weighted by Crippen LogP contribution is 2.36. The molecule has 0 saturated carbocycles. The average Bonchev–Trinajstić information content (AvgIpc) is 2.98. The number of rotatable bonds is 5. The molecule has 0 aliphatic heterocycles. The van der Waals surface area contributed by atoms with Crippen molar-refractivity contribution in [2.75, 3.05) is 23.8 Å². The van der Waals surface area contributed by atoms with Gasteiger partial charge in [0, 0.05) is 12.7 Å². The third kappa shape index (κ3) is 5.06. The first-order valence-electron chi connectivity index (χ1n) is 6.74. The van der Waals surface area contributed by atoms with E-state index in [9.17, 15) is 26.4 Å². The Morgan fingerprint density at radius 1 is 1.42 bits per heavy atom. The van der Waals surface area contributed by atoms with Gasteiger partial charge in [0.05, 0.1) is 23.3 Å². The second kappa shape index (κ2) is 7.39. The van der Waals surface area contributed by atoms with Crippen molar-refractivity contribution in [1.29, 1.82) is 0 Å². The second-order valence-electron chi connectivity index (χ2n) is 5.10. The van der Waals surface area contributed by atoms with E-state index in [0.717, 1.165) is 29.7 Å². The number of primary sulfonamides is 1. The van der Waals surface area contributed by atoms with Crippen LogP contribution in [0.25, 0.3) is 0 Å². The molecule has 2 rings (SSSR count). The third-order valence-corrected chi connectivity index (χ3v) is 5.86. The van der Waals surface area contributed by atoms with Gasteiger partial charge in [-0.2, -0.15) is 13.2 Å². The summed E-state index contributed by atoms with van der Waals surface area (Å²) in [6.45, 7) is -0.276. The van der Waals surface area contributed by atoms with Crippen LogP contribution in [0.5, 0.6) is 0 Å². The Balaban J connectivity index is 2.08. The van der Waals surface area contributed by atoms with E-state index in [1.54, 1.807) is 0 Å². The number of aromatic nitrogens is 1. The van der Waals surface area contributed by atoms with Crippen molar-refractivity contribution in [3.8, 4) is 0 Å². The summed E-state index contributed by atoms with van der Waals surface area (Å²) in [4.78, 5) is 17.2. The number of carbonyl (C=O) groups is 1. The molecule has 2 aromatic rings. The number of likely N-dealkylation sites (N-methyl/N-ethyl adjacent to an activating group) is 1. The van der Waals surface area contributed by atoms with Gasteiger partial charge in [0.25, 0.3) is 0 Å². The quantitative estimate of drug-likeness (QED) is 0.761. The van der Waals surface area contributed by atoms with Crippen LogP contribution in [0, 0.1) is 0 Å². The molecular weight excluding hydrogens is 417 g/mol. The van der Waals surface area contributed by atoms with Crippen LogP contribution >= 0.6 is 22.9 Å². The Bertz CT molecular complexity index is 931. The van der Waals surface area contributed by atoms with Crippen LogP contribution in [-0.2, 0) is 21.0 Å². The van der Waals surface area contributed by atoms with Crippen LogP contribution in [0.4, 0.5) is 24.0 Å². The van der Waals surface area contributed by atoms with E-state index in [1.807, 2.05) is 0 Å². The monoisotopic (exact) mass is 428 g/mol. The lowest BCUT2D eigenvalue weighted by Gasteiger charge is -2.16. The van der Waals surface area contributed by atoms with Crippen LogP contribution in [0.15, 0.2) is 28.6 Å². The molecule has 26 heavy (non-hydrogen) atoms. The van der Waals surface area contributed by atoms with Gasteiger partial charge < -0.3 is 10.2 Å². The Hall–Kier alpha value is -1.89. The molecular formula is C13H12ClF3N4O3S2. The van der Waals surface area contributed by atoms with Crippen molar-refractivity contribution in [2.24, 2.45) is 5.14 Å². The van der Waals surface area contributed by atoms with E-state index in [2.05, 4.69) is 10.3 Å². The molecule has 0 fully saturated rings. The zero-order valence-electron chi connectivity index (χ0n) is 13.0. The van der Waals surface area contributed by atoms with Gasteiger partial charge in [-0.15, -0.1) is 0 Å². The molecule has 7 nitrogen and oxygen atoms in total. The topological polar surface area (TPSA) is 105 Å². The zero-order chi connectivity index (χ0) is 19.7. The van der Waals surface area contributed by atoms with Gasteiger partial charge >= 0.3 is 6.18 Å². The fraction of sp³-hybridized carbons (Fsp3) is 0.231. The number of thiazole rings is 1. The number of alkyl halides is 3. The first-order chi connectivity index (χ1) is 11.9. The summed E-state index contributed by atoms with van der Waals surface area (Å²) in [6.07, 6.45) is -3.60. The molecule has 1 heterocycles. The number of hydrogen-bond donors (Lipinski definition) is 2. The molecule has 142 valence electrons. The Labute approximate surface area is 155 Å². The number of halogens is 4. The molecule has 3 N–H and O–H groups in total. The van der Waals surface area contributed by atoms with Crippen molar-refractivity contribution in [1.82, 2.24) is 4.98 Å². The molecule has 1 aromatic carbocycles. The minimum atomic E-state index is -4.65. The third-order valence-electron chi connectivity index (χ3n) is 3.02. The molecule has 0 bridgehead atoms. The van der Waals surface area contributed by atoms with Gasteiger partial charge in [-0.05, 0) is 18.2 Å². The summed E-state index contributed by atoms with van der Waals surface area (Å²) in [7, 11) is -2.44. The number of nitrogens with two attached hydrogens (primary N) is 1. The Morgan fingerprint density at radius 2 is 2.08 bits per heavy atom. The average molecular weight is 429 g/mol. The maximum atomic E-state index is 12.8. The summed E-state index contributed by atoms with van der Waals surface area (Å²) in [5, 5.41) is 7.02. The summed E-state index contributed by atoms with van der Waals surface area (Å²) in [6, 6.07) is 2.99. The van der Waals surface area contributed by atoms with Crippen molar-refractivity contribution in [2.45, 2.75) is 10.4 Å². The van der Waals surface area contributed by atoms with Crippen LogP contribution in [0.2, 0.25) is 5.02 Å². The highest BCUT2D eigenvalue weighted by molar-refractivity contribution is 7.91. The molecule has 0 aliphatic carbocycles. The van der Waals surface area contributed by atoms with Gasteiger partial charge in [-0.25, -0.2) is 18.5 Å². The first-order valence-corrected chi connectivity index (χ1v) is 9.48. The number of nitrogens with one attached hydrogen (secondary N) is 1. The summed E-state index contributed by atoms with van der Waals surface area (Å²) < 4.78 is 60.7. The van der Waals surface area contributed by atoms with E-state index >= 15 is 0 Å². The molecule has 0 radical (unpaired) electrons. The van der Waals surface area contributed by atoms with Gasteiger partial charge in [-0.3, -0.25) is 4.79 Å². The second-order valence-corrected chi connectivity index (χ2v) is 8.31. The molecule has 0 atom stereocenters. The maximum Gasteiger partial charge on any atom is 0.417 e. The molecule has 1 amide bonds. The van der Waals surface area contributed by atoms with Gasteiger partial charge in [0.1, 0.15) is 0 Å². The fourth-order valence-electron chi connectivity index (χ4n) is 1.86. The SMILES string of the molecule is CN(CC(=O)Nc1ccc(Cl)c(C(F)(F)F)c1)c1ncc(S(N)(=O)=O)s1. The van der Waals surface area contributed by atoms with Gasteiger partial charge in [-0.1, -0.05) is 22.9 Å². The van der Waals surface area contributed by atoms with E-state index in [4.69, 9.17) is 16.7 Å². The van der Waals surface area contributed by atoms with E-state index in [-0.39, 0.29) is 21.6 Å². The molecule has 0 spiro atoms. The highest BCUT2D eigenvalue weighted by atomic mass is 35.5. The minimum Gasteiger partial charge on any atom is -0.342 e. The molecule has 0 aliphatic rings. The van der Waals surface area contributed by atoms with Crippen molar-refractivity contribution in [3.05, 3.63) is 35.0 Å². The smallest absolute Gasteiger partial charge is 0.342 e. The lowest BCUT2D eigenvalue weighted by molar-refractivity contribution is -0.137. The predicted octanol–water partition coefficient (Wildman–Crippen LogP) is 2.54. The molecule has 13 heteroatoms. The van der Waals surface area contributed by atoms with Crippen molar-refractivity contribution < 1.29 is 26.4 Å². The van der Waals surface area contributed by atoms with Crippen molar-refractivity contribution in [3.63, 3.8) is 0 Å². The van der Waals surface area contributed by atoms with E-state index in [1.165, 1.54) is 18.0 Å². The largest absolute Gasteiger partial charge is 0.417 e. The van der Waals surface area contributed by atoms with E-state index < -0.39 is 32.7 Å². The fourth-order valence-corrected chi connectivity index (χ4v) is 3.59. The number of carbonyl (C=O) groups excluding carboxylic acids is 1. The number of nitrogens with zero attached hydrogens (tertiary/aromatic N) is 2. The number of amides is 1. The maximum absolute atomic E-state index is 12.8. The number of anilines is 2. The summed E-state index contributed by atoms with van der Waals surface area (Å²) >= 11 is 6.27. The normalized spacial score (nSPS) is 12.1. The van der Waals surface area contributed by atoms with Crippen LogP contribution in [0.1, 0.15) is 5.56 Å². The summed E-state index contributed by atoms with van der Waals surface area (Å²) in [5.41, 5.74) is -1.15. The molecule has 0 unspecified atom stereocenters. The van der Waals surface area contributed by atoms with Gasteiger partial charge in [0.15, 0.2) is 9.34 Å². The van der Waals surface area contributed by atoms with Gasteiger partial charge in [0.2, 0.25) is 15.9 Å².